The Balaban J connectivity index is 1.67. The molecule has 0 amide bonds. The molecular formula is C20H25N5O. The van der Waals surface area contributed by atoms with Gasteiger partial charge in [0.2, 0.25) is 0 Å². The highest BCUT2D eigenvalue weighted by molar-refractivity contribution is 6.14. The van der Waals surface area contributed by atoms with Crippen molar-refractivity contribution >= 4 is 32.8 Å². The van der Waals surface area contributed by atoms with Crippen LogP contribution >= 0.6 is 0 Å². The Labute approximate surface area is 152 Å². The first-order valence-electron chi connectivity index (χ1n) is 9.59. The van der Waals surface area contributed by atoms with Gasteiger partial charge in [-0.2, -0.15) is 15.0 Å². The topological polar surface area (TPSA) is 69.6 Å². The highest BCUT2D eigenvalue weighted by Crippen LogP contribution is 2.32. The number of hydrogen-bond acceptors (Lipinski definition) is 5. The van der Waals surface area contributed by atoms with Gasteiger partial charge in [-0.15, -0.1) is 0 Å². The Bertz CT molecular complexity index is 1060. The lowest BCUT2D eigenvalue weighted by Crippen LogP contribution is -2.02. The van der Waals surface area contributed by atoms with E-state index in [1.54, 1.807) is 0 Å². The molecule has 0 N–H and O–H groups in total. The van der Waals surface area contributed by atoms with Crippen molar-refractivity contribution in [1.82, 2.24) is 25.3 Å². The zero-order valence-corrected chi connectivity index (χ0v) is 15.7. The predicted molar refractivity (Wildman–Crippen MR) is 103 cm³/mol. The van der Waals surface area contributed by atoms with Gasteiger partial charge in [-0.25, -0.2) is 4.63 Å². The third-order valence-corrected chi connectivity index (χ3v) is 5.12. The third kappa shape index (κ3) is 2.93. The van der Waals surface area contributed by atoms with Gasteiger partial charge < -0.3 is 0 Å². The highest BCUT2D eigenvalue weighted by Gasteiger charge is 2.16. The second-order valence-electron chi connectivity index (χ2n) is 7.20. The van der Waals surface area contributed by atoms with Gasteiger partial charge in [0.05, 0.1) is 6.54 Å². The maximum atomic E-state index is 4.96. The van der Waals surface area contributed by atoms with E-state index in [0.717, 1.165) is 56.9 Å². The number of aromatic nitrogens is 5. The van der Waals surface area contributed by atoms with Crippen molar-refractivity contribution in [1.29, 1.82) is 0 Å². The van der Waals surface area contributed by atoms with Gasteiger partial charge in [-0.3, -0.25) is 0 Å². The standard InChI is InChI=1S/C20H25N5O/c1-4-5-6-7-8-9-10-25-21-17-13(2)11-16-15(19(17)22-25)12-14(3)18-20(16)24-26-23-18/h11-12H,4-10H2,1-3H3. The Morgan fingerprint density at radius 2 is 1.38 bits per heavy atom. The molecule has 0 bridgehead atoms. The Kier molecular flexibility index (Phi) is 4.57. The van der Waals surface area contributed by atoms with Gasteiger partial charge in [-0.05, 0) is 53.8 Å². The van der Waals surface area contributed by atoms with E-state index in [4.69, 9.17) is 14.8 Å². The fourth-order valence-electron chi connectivity index (χ4n) is 3.67. The average Bonchev–Trinajstić information content (AvgIpc) is 3.27. The SMILES string of the molecule is CCCCCCCCn1nc2c(C)cc3c(cc(C)c4nonc43)c2n1. The minimum Gasteiger partial charge on any atom is -0.243 e. The number of unbranched alkanes of at least 4 members (excludes halogenated alkanes) is 5. The van der Waals surface area contributed by atoms with Gasteiger partial charge in [0.1, 0.15) is 22.1 Å². The summed E-state index contributed by atoms with van der Waals surface area (Å²) in [4.78, 5) is 1.86. The quantitative estimate of drug-likeness (QED) is 0.433. The fourth-order valence-corrected chi connectivity index (χ4v) is 3.67. The molecule has 0 fully saturated rings. The molecule has 0 radical (unpaired) electrons. The van der Waals surface area contributed by atoms with Crippen LogP contribution in [0.15, 0.2) is 16.8 Å². The van der Waals surface area contributed by atoms with E-state index in [-0.39, 0.29) is 0 Å². The second kappa shape index (κ2) is 7.02. The number of rotatable bonds is 7. The van der Waals surface area contributed by atoms with Crippen molar-refractivity contribution < 1.29 is 4.63 Å². The van der Waals surface area contributed by atoms with Crippen LogP contribution in [0.25, 0.3) is 32.8 Å². The molecule has 26 heavy (non-hydrogen) atoms. The summed E-state index contributed by atoms with van der Waals surface area (Å²) in [5.41, 5.74) is 5.68. The van der Waals surface area contributed by atoms with Crippen LogP contribution in [0.4, 0.5) is 0 Å². The van der Waals surface area contributed by atoms with Crippen LogP contribution in [0.1, 0.15) is 56.6 Å². The minimum absolute atomic E-state index is 0.801. The van der Waals surface area contributed by atoms with E-state index in [0.29, 0.717) is 0 Å². The van der Waals surface area contributed by atoms with Gasteiger partial charge in [0.15, 0.2) is 0 Å². The third-order valence-electron chi connectivity index (χ3n) is 5.12. The smallest absolute Gasteiger partial charge is 0.143 e. The lowest BCUT2D eigenvalue weighted by atomic mass is 10.0. The van der Waals surface area contributed by atoms with Crippen molar-refractivity contribution in [2.24, 2.45) is 0 Å². The molecule has 0 spiro atoms. The first kappa shape index (κ1) is 16.9. The van der Waals surface area contributed by atoms with Crippen LogP contribution < -0.4 is 0 Å². The molecule has 6 nitrogen and oxygen atoms in total. The lowest BCUT2D eigenvalue weighted by Gasteiger charge is -2.02. The Hall–Kier alpha value is -2.50. The van der Waals surface area contributed by atoms with Crippen LogP contribution in [0, 0.1) is 13.8 Å². The zero-order chi connectivity index (χ0) is 18.1. The molecular weight excluding hydrogens is 326 g/mol. The van der Waals surface area contributed by atoms with Crippen molar-refractivity contribution in [2.45, 2.75) is 65.8 Å². The van der Waals surface area contributed by atoms with Crippen LogP contribution in [0.3, 0.4) is 0 Å². The van der Waals surface area contributed by atoms with Crippen molar-refractivity contribution in [2.75, 3.05) is 0 Å². The predicted octanol–water partition coefficient (Wildman–Crippen LogP) is 5.10. The molecule has 0 saturated carbocycles. The van der Waals surface area contributed by atoms with Crippen LogP contribution in [0.2, 0.25) is 0 Å². The number of nitrogens with zero attached hydrogens (tertiary/aromatic N) is 5. The van der Waals surface area contributed by atoms with E-state index in [2.05, 4.69) is 36.3 Å². The van der Waals surface area contributed by atoms with E-state index in [9.17, 15) is 0 Å². The summed E-state index contributed by atoms with van der Waals surface area (Å²) in [6, 6.07) is 4.24. The summed E-state index contributed by atoms with van der Waals surface area (Å²) in [7, 11) is 0. The molecule has 4 rings (SSSR count). The number of aryl methyl sites for hydroxylation is 3. The van der Waals surface area contributed by atoms with Gasteiger partial charge in [0, 0.05) is 10.8 Å². The molecule has 0 saturated heterocycles. The summed E-state index contributed by atoms with van der Waals surface area (Å²) in [5, 5.41) is 19.8. The fraction of sp³-hybridized carbons (Fsp3) is 0.500. The molecule has 2 aromatic carbocycles. The van der Waals surface area contributed by atoms with Crippen LogP contribution in [-0.2, 0) is 6.54 Å². The maximum absolute atomic E-state index is 4.96. The monoisotopic (exact) mass is 351 g/mol. The summed E-state index contributed by atoms with van der Waals surface area (Å²) in [6.45, 7) is 7.22. The van der Waals surface area contributed by atoms with Gasteiger partial charge >= 0.3 is 0 Å². The van der Waals surface area contributed by atoms with Crippen molar-refractivity contribution in [3.05, 3.63) is 23.3 Å². The number of fused-ring (bicyclic) bond motifs is 5. The lowest BCUT2D eigenvalue weighted by molar-refractivity contribution is 0.315. The molecule has 0 atom stereocenters. The molecule has 0 unspecified atom stereocenters. The minimum atomic E-state index is 0.801. The summed E-state index contributed by atoms with van der Waals surface area (Å²) < 4.78 is 4.96. The van der Waals surface area contributed by atoms with Crippen LogP contribution in [0.5, 0.6) is 0 Å². The summed E-state index contributed by atoms with van der Waals surface area (Å²) in [6.07, 6.45) is 7.61. The van der Waals surface area contributed by atoms with E-state index in [1.165, 1.54) is 32.1 Å². The zero-order valence-electron chi connectivity index (χ0n) is 15.7. The molecule has 6 heteroatoms. The normalized spacial score (nSPS) is 12.0. The summed E-state index contributed by atoms with van der Waals surface area (Å²) >= 11 is 0. The Morgan fingerprint density at radius 3 is 2.19 bits per heavy atom. The van der Waals surface area contributed by atoms with E-state index >= 15 is 0 Å². The molecule has 2 heterocycles. The second-order valence-corrected chi connectivity index (χ2v) is 7.20. The summed E-state index contributed by atoms with van der Waals surface area (Å²) in [5.74, 6) is 0. The number of hydrogen-bond donors (Lipinski definition) is 0. The van der Waals surface area contributed by atoms with E-state index in [1.807, 2.05) is 11.7 Å². The highest BCUT2D eigenvalue weighted by atomic mass is 16.6. The van der Waals surface area contributed by atoms with Gasteiger partial charge in [0.25, 0.3) is 0 Å². The first-order chi connectivity index (χ1) is 12.7. The van der Waals surface area contributed by atoms with Gasteiger partial charge in [-0.1, -0.05) is 39.0 Å². The number of benzene rings is 2. The van der Waals surface area contributed by atoms with Crippen molar-refractivity contribution in [3.8, 4) is 0 Å². The molecule has 0 aliphatic carbocycles. The first-order valence-corrected chi connectivity index (χ1v) is 9.59. The molecule has 2 aromatic heterocycles. The molecule has 0 aliphatic heterocycles. The average molecular weight is 351 g/mol. The van der Waals surface area contributed by atoms with Crippen LogP contribution in [-0.4, -0.2) is 25.3 Å². The maximum Gasteiger partial charge on any atom is 0.143 e. The molecule has 0 aliphatic rings. The molecule has 4 aromatic rings. The Morgan fingerprint density at radius 1 is 0.769 bits per heavy atom. The van der Waals surface area contributed by atoms with Crippen molar-refractivity contribution in [3.63, 3.8) is 0 Å². The van der Waals surface area contributed by atoms with E-state index < -0.39 is 0 Å². The molecule has 136 valence electrons. The largest absolute Gasteiger partial charge is 0.243 e.